The number of nitrogens with one attached hydrogen (secondary N) is 1. The lowest BCUT2D eigenvalue weighted by atomic mass is 10.2. The van der Waals surface area contributed by atoms with Crippen molar-refractivity contribution < 1.29 is 14.7 Å². The zero-order chi connectivity index (χ0) is 19.5. The molecule has 0 radical (unpaired) electrons. The van der Waals surface area contributed by atoms with E-state index in [9.17, 15) is 14.7 Å². The van der Waals surface area contributed by atoms with Gasteiger partial charge in [0.25, 0.3) is 5.91 Å². The summed E-state index contributed by atoms with van der Waals surface area (Å²) in [6, 6.07) is -0.0624. The number of amides is 1. The molecule has 26 heavy (non-hydrogen) atoms. The number of aromatic nitrogens is 2. The fraction of sp³-hybridized carbons (Fsp3) is 0.737. The summed E-state index contributed by atoms with van der Waals surface area (Å²) < 4.78 is 1.35. The predicted molar refractivity (Wildman–Crippen MR) is 103 cm³/mol. The Morgan fingerprint density at radius 2 is 1.77 bits per heavy atom. The van der Waals surface area contributed by atoms with Crippen molar-refractivity contribution in [1.82, 2.24) is 20.0 Å². The summed E-state index contributed by atoms with van der Waals surface area (Å²) >= 11 is 0. The van der Waals surface area contributed by atoms with Crippen LogP contribution in [-0.2, 0) is 7.05 Å². The van der Waals surface area contributed by atoms with E-state index < -0.39 is 5.97 Å². The molecule has 148 valence electrons. The summed E-state index contributed by atoms with van der Waals surface area (Å²) in [4.78, 5) is 26.1. The van der Waals surface area contributed by atoms with Crippen molar-refractivity contribution in [2.24, 2.45) is 7.05 Å². The minimum absolute atomic E-state index is 0.0624. The molecular weight excluding hydrogens is 332 g/mol. The van der Waals surface area contributed by atoms with Gasteiger partial charge in [-0.05, 0) is 32.9 Å². The zero-order valence-electron chi connectivity index (χ0n) is 16.6. The maximum Gasteiger partial charge on any atom is 0.357 e. The van der Waals surface area contributed by atoms with Crippen LogP contribution in [0.4, 0.5) is 0 Å². The third kappa shape index (κ3) is 7.56. The molecule has 1 aromatic heterocycles. The lowest BCUT2D eigenvalue weighted by molar-refractivity contribution is 0.0683. The van der Waals surface area contributed by atoms with Gasteiger partial charge in [0.05, 0.1) is 5.56 Å². The van der Waals surface area contributed by atoms with Gasteiger partial charge in [0.15, 0.2) is 5.69 Å². The molecule has 2 N–H and O–H groups in total. The van der Waals surface area contributed by atoms with Gasteiger partial charge in [-0.1, -0.05) is 39.5 Å². The summed E-state index contributed by atoms with van der Waals surface area (Å²) in [6.45, 7) is 9.18. The minimum atomic E-state index is -1.19. The van der Waals surface area contributed by atoms with Crippen LogP contribution in [0.15, 0.2) is 6.20 Å². The van der Waals surface area contributed by atoms with E-state index >= 15 is 0 Å². The average molecular weight is 367 g/mol. The van der Waals surface area contributed by atoms with Gasteiger partial charge in [-0.25, -0.2) is 4.79 Å². The van der Waals surface area contributed by atoms with E-state index in [0.29, 0.717) is 0 Å². The monoisotopic (exact) mass is 366 g/mol. The van der Waals surface area contributed by atoms with Gasteiger partial charge in [-0.15, -0.1) is 0 Å². The molecule has 0 spiro atoms. The van der Waals surface area contributed by atoms with Gasteiger partial charge in [0.2, 0.25) is 0 Å². The van der Waals surface area contributed by atoms with Crippen LogP contribution in [0.5, 0.6) is 0 Å². The number of aryl methyl sites for hydroxylation is 1. The second-order valence-corrected chi connectivity index (χ2v) is 6.96. The number of carboxylic acids is 1. The molecule has 7 nitrogen and oxygen atoms in total. The Bertz CT molecular complexity index is 561. The molecule has 1 rings (SSSR count). The van der Waals surface area contributed by atoms with Crippen molar-refractivity contribution in [2.75, 3.05) is 19.6 Å². The van der Waals surface area contributed by atoms with Crippen molar-refractivity contribution in [1.29, 1.82) is 0 Å². The molecule has 0 saturated carbocycles. The number of carboxylic acid groups (broad SMARTS) is 1. The molecule has 0 aromatic carbocycles. The molecular formula is C19H34N4O3. The minimum Gasteiger partial charge on any atom is -0.476 e. The Morgan fingerprint density at radius 3 is 2.27 bits per heavy atom. The van der Waals surface area contributed by atoms with Crippen LogP contribution in [0, 0.1) is 0 Å². The van der Waals surface area contributed by atoms with Crippen LogP contribution < -0.4 is 5.32 Å². The second-order valence-electron chi connectivity index (χ2n) is 6.96. The van der Waals surface area contributed by atoms with E-state index in [1.54, 1.807) is 7.05 Å². The van der Waals surface area contributed by atoms with Crippen LogP contribution in [0.2, 0.25) is 0 Å². The van der Waals surface area contributed by atoms with E-state index in [1.165, 1.54) is 36.6 Å². The molecule has 0 aliphatic heterocycles. The molecule has 1 aromatic rings. The normalized spacial score (nSPS) is 12.3. The Morgan fingerprint density at radius 1 is 1.19 bits per heavy atom. The first-order chi connectivity index (χ1) is 12.4. The summed E-state index contributed by atoms with van der Waals surface area (Å²) in [7, 11) is 1.61. The number of nitrogens with zero attached hydrogens (tertiary/aromatic N) is 3. The van der Waals surface area contributed by atoms with Crippen molar-refractivity contribution >= 4 is 11.9 Å². The number of unbranched alkanes of at least 4 members (excludes halogenated alkanes) is 4. The van der Waals surface area contributed by atoms with Crippen LogP contribution >= 0.6 is 0 Å². The van der Waals surface area contributed by atoms with Gasteiger partial charge in [-0.3, -0.25) is 9.48 Å². The number of rotatable bonds is 13. The molecule has 7 heteroatoms. The maximum atomic E-state index is 12.4. The third-order valence-electron chi connectivity index (χ3n) is 4.34. The van der Waals surface area contributed by atoms with Crippen molar-refractivity contribution in [3.05, 3.63) is 17.5 Å². The van der Waals surface area contributed by atoms with E-state index in [0.717, 1.165) is 32.5 Å². The number of hydrogen-bond acceptors (Lipinski definition) is 4. The second kappa shape index (κ2) is 11.7. The lowest BCUT2D eigenvalue weighted by Gasteiger charge is -2.26. The van der Waals surface area contributed by atoms with Gasteiger partial charge in [0.1, 0.15) is 0 Å². The average Bonchev–Trinajstić information content (AvgIpc) is 2.97. The number of aromatic carboxylic acids is 1. The van der Waals surface area contributed by atoms with Gasteiger partial charge in [-0.2, -0.15) is 5.10 Å². The topological polar surface area (TPSA) is 87.5 Å². The molecule has 0 saturated heterocycles. The first kappa shape index (κ1) is 22.2. The Kier molecular flexibility index (Phi) is 9.95. The highest BCUT2D eigenvalue weighted by Gasteiger charge is 2.22. The highest BCUT2D eigenvalue weighted by atomic mass is 16.4. The summed E-state index contributed by atoms with van der Waals surface area (Å²) in [5.41, 5.74) is -0.102. The highest BCUT2D eigenvalue weighted by Crippen LogP contribution is 2.08. The summed E-state index contributed by atoms with van der Waals surface area (Å²) in [5.74, 6) is -1.57. The van der Waals surface area contributed by atoms with Crippen LogP contribution in [-0.4, -0.2) is 57.3 Å². The van der Waals surface area contributed by atoms with Crippen molar-refractivity contribution in [3.63, 3.8) is 0 Å². The van der Waals surface area contributed by atoms with Crippen molar-refractivity contribution in [2.45, 2.75) is 65.3 Å². The van der Waals surface area contributed by atoms with Gasteiger partial charge in [0, 0.05) is 25.8 Å². The van der Waals surface area contributed by atoms with Gasteiger partial charge < -0.3 is 15.3 Å². The third-order valence-corrected chi connectivity index (χ3v) is 4.34. The van der Waals surface area contributed by atoms with E-state index in [1.807, 2.05) is 6.92 Å². The summed E-state index contributed by atoms with van der Waals surface area (Å²) in [5, 5.41) is 15.9. The molecule has 1 atom stereocenters. The number of hydrogen-bond donors (Lipinski definition) is 2. The number of carbonyl (C=O) groups is 2. The quantitative estimate of drug-likeness (QED) is 0.524. The Balaban J connectivity index is 2.63. The zero-order valence-corrected chi connectivity index (χ0v) is 16.6. The maximum absolute atomic E-state index is 12.4. The van der Waals surface area contributed by atoms with Gasteiger partial charge >= 0.3 is 5.97 Å². The van der Waals surface area contributed by atoms with Crippen LogP contribution in [0.1, 0.15) is 80.1 Å². The lowest BCUT2D eigenvalue weighted by Crippen LogP contribution is -2.43. The highest BCUT2D eigenvalue weighted by molar-refractivity contribution is 6.03. The SMILES string of the molecule is CCCCCN(CCCCC)CC(C)NC(=O)c1cn(C)nc1C(=O)O. The first-order valence-electron chi connectivity index (χ1n) is 9.69. The van der Waals surface area contributed by atoms with Crippen molar-refractivity contribution in [3.8, 4) is 0 Å². The molecule has 0 aliphatic rings. The fourth-order valence-electron chi connectivity index (χ4n) is 3.01. The Hall–Kier alpha value is -1.89. The largest absolute Gasteiger partial charge is 0.476 e. The van der Waals surface area contributed by atoms with E-state index in [4.69, 9.17) is 0 Å². The molecule has 1 amide bonds. The smallest absolute Gasteiger partial charge is 0.357 e. The van der Waals surface area contributed by atoms with Crippen LogP contribution in [0.3, 0.4) is 0 Å². The fourth-order valence-corrected chi connectivity index (χ4v) is 3.01. The molecule has 0 bridgehead atoms. The molecule has 0 aliphatic carbocycles. The van der Waals surface area contributed by atoms with Crippen LogP contribution in [0.25, 0.3) is 0 Å². The Labute approximate surface area is 156 Å². The number of carbonyl (C=O) groups excluding carboxylic acids is 1. The first-order valence-corrected chi connectivity index (χ1v) is 9.69. The van der Waals surface area contributed by atoms with E-state index in [2.05, 4.69) is 29.2 Å². The molecule has 0 fully saturated rings. The molecule has 1 unspecified atom stereocenters. The van der Waals surface area contributed by atoms with E-state index in [-0.39, 0.29) is 23.2 Å². The molecule has 1 heterocycles. The standard InChI is InChI=1S/C19H34N4O3/c1-5-7-9-11-23(12-10-8-6-2)13-15(3)20-18(24)16-14-22(4)21-17(16)19(25)26/h14-15H,5-13H2,1-4H3,(H,20,24)(H,25,26). The predicted octanol–water partition coefficient (Wildman–Crippen LogP) is 2.92. The summed E-state index contributed by atoms with van der Waals surface area (Å²) in [6.07, 6.45) is 8.57.